The lowest BCUT2D eigenvalue weighted by Crippen LogP contribution is -2.44. The van der Waals surface area contributed by atoms with Gasteiger partial charge in [-0.3, -0.25) is 14.5 Å². The minimum Gasteiger partial charge on any atom is -0.356 e. The van der Waals surface area contributed by atoms with Crippen LogP contribution >= 0.6 is 0 Å². The van der Waals surface area contributed by atoms with Crippen LogP contribution in [0.4, 0.5) is 14.9 Å². The molecular weight excluding hydrogens is 543 g/mol. The SMILES string of the molecule is Cc1ccccc1C1c2[nH]c3ccccc3c2C[C@H]2C(=O)N(c3ccccc3C(=O)NCCc3ccc(F)cc3)C(=O)N12. The lowest BCUT2D eigenvalue weighted by molar-refractivity contribution is -0.120. The Hall–Kier alpha value is -5.24. The Morgan fingerprint density at radius 1 is 0.930 bits per heavy atom. The summed E-state index contributed by atoms with van der Waals surface area (Å²) in [5.74, 6) is -1.07. The number of amides is 4. The van der Waals surface area contributed by atoms with Crippen molar-refractivity contribution >= 4 is 34.4 Å². The van der Waals surface area contributed by atoms with Crippen LogP contribution in [-0.2, 0) is 17.6 Å². The molecule has 43 heavy (non-hydrogen) atoms. The summed E-state index contributed by atoms with van der Waals surface area (Å²) in [6.07, 6.45) is 0.879. The number of anilines is 1. The first-order valence-electron chi connectivity index (χ1n) is 14.4. The number of carbonyl (C=O) groups is 3. The summed E-state index contributed by atoms with van der Waals surface area (Å²) in [5.41, 5.74) is 6.22. The second-order valence-corrected chi connectivity index (χ2v) is 11.1. The Kier molecular flexibility index (Phi) is 6.54. The Morgan fingerprint density at radius 2 is 1.65 bits per heavy atom. The van der Waals surface area contributed by atoms with Crippen LogP contribution in [0.2, 0.25) is 0 Å². The van der Waals surface area contributed by atoms with E-state index in [9.17, 15) is 18.8 Å². The van der Waals surface area contributed by atoms with E-state index in [0.29, 0.717) is 19.4 Å². The third-order valence-electron chi connectivity index (χ3n) is 8.53. The molecular formula is C35H29FN4O3. The van der Waals surface area contributed by atoms with Crippen LogP contribution < -0.4 is 10.2 Å². The highest BCUT2D eigenvalue weighted by Crippen LogP contribution is 2.45. The molecule has 2 aliphatic heterocycles. The smallest absolute Gasteiger partial charge is 0.332 e. The van der Waals surface area contributed by atoms with Crippen LogP contribution in [0.15, 0.2) is 97.1 Å². The number of nitrogens with zero attached hydrogens (tertiary/aromatic N) is 2. The van der Waals surface area contributed by atoms with Gasteiger partial charge in [0.05, 0.1) is 11.3 Å². The number of aromatic nitrogens is 1. The van der Waals surface area contributed by atoms with Crippen molar-refractivity contribution < 1.29 is 18.8 Å². The maximum Gasteiger partial charge on any atom is 0.332 e. The quantitative estimate of drug-likeness (QED) is 0.242. The van der Waals surface area contributed by atoms with E-state index in [2.05, 4.69) is 10.3 Å². The molecule has 2 atom stereocenters. The molecule has 1 saturated heterocycles. The number of aromatic amines is 1. The van der Waals surface area contributed by atoms with E-state index in [4.69, 9.17) is 0 Å². The molecule has 5 aromatic rings. The van der Waals surface area contributed by atoms with Crippen LogP contribution in [0.5, 0.6) is 0 Å². The molecule has 0 aliphatic carbocycles. The fourth-order valence-electron chi connectivity index (χ4n) is 6.44. The van der Waals surface area contributed by atoms with Crippen LogP contribution in [-0.4, -0.2) is 40.3 Å². The average molecular weight is 573 g/mol. The standard InChI is InChI=1S/C35H29FN4O3/c1-21-8-2-3-9-24(21)32-31-27(25-10-4-6-12-28(25)38-31)20-30-34(42)40(35(43)39(30)32)29-13-7-5-11-26(29)33(41)37-19-18-22-14-16-23(36)17-15-22/h2-17,30,32,38H,18-20H2,1H3,(H,37,41)/t30-,32?/m0/s1. The molecule has 0 bridgehead atoms. The molecule has 0 spiro atoms. The summed E-state index contributed by atoms with van der Waals surface area (Å²) in [7, 11) is 0. The first-order chi connectivity index (χ1) is 20.9. The molecule has 1 aromatic heterocycles. The number of benzene rings is 4. The molecule has 1 fully saturated rings. The topological polar surface area (TPSA) is 85.5 Å². The van der Waals surface area contributed by atoms with E-state index in [-0.39, 0.29) is 23.0 Å². The zero-order valence-electron chi connectivity index (χ0n) is 23.5. The fraction of sp³-hybridized carbons (Fsp3) is 0.171. The number of carbonyl (C=O) groups excluding carboxylic acids is 3. The number of fused-ring (bicyclic) bond motifs is 4. The summed E-state index contributed by atoms with van der Waals surface area (Å²) < 4.78 is 13.3. The van der Waals surface area contributed by atoms with Gasteiger partial charge in [-0.25, -0.2) is 14.1 Å². The van der Waals surface area contributed by atoms with Crippen molar-refractivity contribution in [1.29, 1.82) is 0 Å². The summed E-state index contributed by atoms with van der Waals surface area (Å²) in [6, 6.07) is 27.0. The van der Waals surface area contributed by atoms with Gasteiger partial charge in [0, 0.05) is 29.6 Å². The number of hydrogen-bond acceptors (Lipinski definition) is 3. The molecule has 4 amide bonds. The van der Waals surface area contributed by atoms with Crippen LogP contribution in [0.25, 0.3) is 10.9 Å². The third-order valence-corrected chi connectivity index (χ3v) is 8.53. The van der Waals surface area contributed by atoms with Gasteiger partial charge in [-0.15, -0.1) is 0 Å². The van der Waals surface area contributed by atoms with Crippen molar-refractivity contribution in [3.05, 3.63) is 136 Å². The number of hydrogen-bond donors (Lipinski definition) is 2. The Labute approximate surface area is 247 Å². The van der Waals surface area contributed by atoms with Gasteiger partial charge >= 0.3 is 6.03 Å². The van der Waals surface area contributed by atoms with Crippen molar-refractivity contribution in [2.75, 3.05) is 11.4 Å². The maximum atomic E-state index is 14.3. The number of urea groups is 1. The van der Waals surface area contributed by atoms with Gasteiger partial charge in [0.15, 0.2) is 0 Å². The zero-order valence-corrected chi connectivity index (χ0v) is 23.5. The van der Waals surface area contributed by atoms with Crippen molar-refractivity contribution in [3.63, 3.8) is 0 Å². The van der Waals surface area contributed by atoms with Gasteiger partial charge in [0.25, 0.3) is 11.8 Å². The van der Waals surface area contributed by atoms with E-state index >= 15 is 0 Å². The molecule has 0 radical (unpaired) electrons. The molecule has 3 heterocycles. The van der Waals surface area contributed by atoms with Gasteiger partial charge < -0.3 is 10.3 Å². The summed E-state index contributed by atoms with van der Waals surface area (Å²) in [5, 5.41) is 3.93. The second-order valence-electron chi connectivity index (χ2n) is 11.1. The Morgan fingerprint density at radius 3 is 2.47 bits per heavy atom. The third kappa shape index (κ3) is 4.46. The van der Waals surface area contributed by atoms with E-state index < -0.39 is 24.0 Å². The van der Waals surface area contributed by atoms with Gasteiger partial charge in [0.2, 0.25) is 0 Å². The molecule has 7 nitrogen and oxygen atoms in total. The van der Waals surface area contributed by atoms with E-state index in [1.54, 1.807) is 41.3 Å². The van der Waals surface area contributed by atoms with Crippen LogP contribution in [0.1, 0.15) is 44.3 Å². The summed E-state index contributed by atoms with van der Waals surface area (Å²) in [4.78, 5) is 48.3. The minimum absolute atomic E-state index is 0.236. The first-order valence-corrected chi connectivity index (χ1v) is 14.4. The molecule has 7 rings (SSSR count). The normalized spacial score (nSPS) is 17.7. The highest BCUT2D eigenvalue weighted by Gasteiger charge is 2.53. The number of rotatable bonds is 6. The number of aryl methyl sites for hydroxylation is 1. The van der Waals surface area contributed by atoms with Crippen molar-refractivity contribution in [1.82, 2.24) is 15.2 Å². The second kappa shape index (κ2) is 10.5. The highest BCUT2D eigenvalue weighted by molar-refractivity contribution is 6.24. The van der Waals surface area contributed by atoms with Gasteiger partial charge in [-0.2, -0.15) is 0 Å². The predicted molar refractivity (Wildman–Crippen MR) is 162 cm³/mol. The lowest BCUT2D eigenvalue weighted by Gasteiger charge is -2.36. The monoisotopic (exact) mass is 572 g/mol. The molecule has 1 unspecified atom stereocenters. The van der Waals surface area contributed by atoms with Gasteiger partial charge in [0.1, 0.15) is 17.9 Å². The van der Waals surface area contributed by atoms with Crippen molar-refractivity contribution in [2.45, 2.75) is 31.8 Å². The molecule has 8 heteroatoms. The predicted octanol–water partition coefficient (Wildman–Crippen LogP) is 6.07. The fourth-order valence-corrected chi connectivity index (χ4v) is 6.44. The minimum atomic E-state index is -0.724. The van der Waals surface area contributed by atoms with Crippen LogP contribution in [0.3, 0.4) is 0 Å². The van der Waals surface area contributed by atoms with E-state index in [1.165, 1.54) is 17.0 Å². The summed E-state index contributed by atoms with van der Waals surface area (Å²) in [6.45, 7) is 2.32. The number of para-hydroxylation sites is 2. The Bertz CT molecular complexity index is 1900. The lowest BCUT2D eigenvalue weighted by atomic mass is 9.87. The molecule has 4 aromatic carbocycles. The molecule has 2 N–H and O–H groups in total. The van der Waals surface area contributed by atoms with Gasteiger partial charge in [-0.1, -0.05) is 66.7 Å². The first kappa shape index (κ1) is 26.6. The van der Waals surface area contributed by atoms with Crippen molar-refractivity contribution in [2.24, 2.45) is 0 Å². The maximum absolute atomic E-state index is 14.3. The Balaban J connectivity index is 1.24. The average Bonchev–Trinajstić information content (AvgIpc) is 3.51. The van der Waals surface area contributed by atoms with E-state index in [1.807, 2.05) is 55.5 Å². The molecule has 0 saturated carbocycles. The van der Waals surface area contributed by atoms with Crippen LogP contribution in [0, 0.1) is 12.7 Å². The number of H-pyrrole nitrogens is 1. The number of halogens is 1. The number of imide groups is 1. The zero-order chi connectivity index (χ0) is 29.7. The highest BCUT2D eigenvalue weighted by atomic mass is 19.1. The largest absolute Gasteiger partial charge is 0.356 e. The van der Waals surface area contributed by atoms with Gasteiger partial charge in [-0.05, 0) is 65.9 Å². The van der Waals surface area contributed by atoms with E-state index in [0.717, 1.165) is 38.9 Å². The molecule has 214 valence electrons. The number of nitrogens with one attached hydrogen (secondary N) is 2. The molecule has 2 aliphatic rings. The van der Waals surface area contributed by atoms with Crippen molar-refractivity contribution in [3.8, 4) is 0 Å². The summed E-state index contributed by atoms with van der Waals surface area (Å²) >= 11 is 0.